The van der Waals surface area contributed by atoms with E-state index in [1.807, 2.05) is 6.92 Å². The highest BCUT2D eigenvalue weighted by molar-refractivity contribution is 7.92. The van der Waals surface area contributed by atoms with Crippen molar-refractivity contribution in [3.05, 3.63) is 29.8 Å². The number of nitrogens with one attached hydrogen (secondary N) is 1. The smallest absolute Gasteiger partial charge is 0.254 e. The molecule has 1 N–H and O–H groups in total. The largest absolute Gasteiger partial charge is 0.382 e. The van der Waals surface area contributed by atoms with Crippen molar-refractivity contribution in [2.75, 3.05) is 57.1 Å². The highest BCUT2D eigenvalue weighted by Gasteiger charge is 2.22. The van der Waals surface area contributed by atoms with Crippen molar-refractivity contribution < 1.29 is 27.4 Å². The fourth-order valence-corrected chi connectivity index (χ4v) is 3.44. The Morgan fingerprint density at radius 3 is 2.65 bits per heavy atom. The molecule has 26 heavy (non-hydrogen) atoms. The average molecular weight is 386 g/mol. The third-order valence-corrected chi connectivity index (χ3v) is 5.11. The van der Waals surface area contributed by atoms with Gasteiger partial charge in [-0.05, 0) is 31.2 Å². The number of benzene rings is 1. The van der Waals surface area contributed by atoms with Crippen LogP contribution in [0.3, 0.4) is 0 Å². The zero-order valence-corrected chi connectivity index (χ0v) is 16.0. The van der Waals surface area contributed by atoms with Crippen LogP contribution < -0.4 is 4.72 Å². The molecule has 2 rings (SSSR count). The van der Waals surface area contributed by atoms with E-state index in [0.29, 0.717) is 44.2 Å². The molecule has 0 bridgehead atoms. The van der Waals surface area contributed by atoms with Crippen molar-refractivity contribution in [3.63, 3.8) is 0 Å². The summed E-state index contributed by atoms with van der Waals surface area (Å²) in [5.74, 6) is -0.232. The highest BCUT2D eigenvalue weighted by Crippen LogP contribution is 2.15. The lowest BCUT2D eigenvalue weighted by molar-refractivity contribution is -0.0124. The Morgan fingerprint density at radius 2 is 2.00 bits per heavy atom. The molecule has 1 aliphatic rings. The summed E-state index contributed by atoms with van der Waals surface area (Å²) in [4.78, 5) is 14.2. The summed E-state index contributed by atoms with van der Waals surface area (Å²) in [5.41, 5.74) is 0.929. The molecular formula is C17H26N2O6S. The molecule has 1 aromatic rings. The van der Waals surface area contributed by atoms with E-state index in [4.69, 9.17) is 14.2 Å². The SMILES string of the molecule is COCCOCCS(=O)(=O)Nc1ccc(C(=O)N2CCOC(C)C2)cc1. The van der Waals surface area contributed by atoms with Crippen molar-refractivity contribution in [2.45, 2.75) is 13.0 Å². The summed E-state index contributed by atoms with van der Waals surface area (Å²) in [7, 11) is -1.96. The first-order valence-corrected chi connectivity index (χ1v) is 10.1. The van der Waals surface area contributed by atoms with Crippen LogP contribution in [0.4, 0.5) is 5.69 Å². The van der Waals surface area contributed by atoms with Gasteiger partial charge >= 0.3 is 0 Å². The van der Waals surface area contributed by atoms with E-state index in [-0.39, 0.29) is 24.4 Å². The lowest BCUT2D eigenvalue weighted by atomic mass is 10.1. The minimum absolute atomic E-state index is 0.0184. The van der Waals surface area contributed by atoms with Crippen LogP contribution in [0.15, 0.2) is 24.3 Å². The van der Waals surface area contributed by atoms with Crippen molar-refractivity contribution in [1.82, 2.24) is 4.90 Å². The van der Waals surface area contributed by atoms with Gasteiger partial charge in [0.2, 0.25) is 10.0 Å². The maximum Gasteiger partial charge on any atom is 0.254 e. The maximum atomic E-state index is 12.5. The highest BCUT2D eigenvalue weighted by atomic mass is 32.2. The van der Waals surface area contributed by atoms with Gasteiger partial charge in [-0.2, -0.15) is 0 Å². The summed E-state index contributed by atoms with van der Waals surface area (Å²) in [5, 5.41) is 0. The number of methoxy groups -OCH3 is 1. The van der Waals surface area contributed by atoms with Crippen molar-refractivity contribution in [3.8, 4) is 0 Å². The molecule has 1 fully saturated rings. The molecule has 1 unspecified atom stereocenters. The Bertz CT molecular complexity index is 677. The second kappa shape index (κ2) is 9.86. The van der Waals surface area contributed by atoms with E-state index in [2.05, 4.69) is 4.72 Å². The minimum Gasteiger partial charge on any atom is -0.382 e. The predicted molar refractivity (Wildman–Crippen MR) is 97.9 cm³/mol. The van der Waals surface area contributed by atoms with Gasteiger partial charge < -0.3 is 19.1 Å². The number of carbonyl (C=O) groups is 1. The summed E-state index contributed by atoms with van der Waals surface area (Å²) in [6.07, 6.45) is 0.0184. The van der Waals surface area contributed by atoms with Crippen LogP contribution in [0.25, 0.3) is 0 Å². The monoisotopic (exact) mass is 386 g/mol. The minimum atomic E-state index is -3.51. The fourth-order valence-electron chi connectivity index (χ4n) is 2.51. The molecule has 0 saturated carbocycles. The maximum absolute atomic E-state index is 12.5. The van der Waals surface area contributed by atoms with Gasteiger partial charge in [0.25, 0.3) is 5.91 Å². The quantitative estimate of drug-likeness (QED) is 0.635. The van der Waals surface area contributed by atoms with Gasteiger partial charge in [0.1, 0.15) is 0 Å². The number of amides is 1. The summed E-state index contributed by atoms with van der Waals surface area (Å²) < 4.78 is 42.0. The molecular weight excluding hydrogens is 360 g/mol. The van der Waals surface area contributed by atoms with Gasteiger partial charge in [-0.3, -0.25) is 9.52 Å². The standard InChI is InChI=1S/C17H26N2O6S/c1-14-13-19(7-8-25-14)17(20)15-3-5-16(6-4-15)18-26(21,22)12-11-24-10-9-23-2/h3-6,14,18H,7-13H2,1-2H3. The predicted octanol–water partition coefficient (Wildman–Crippen LogP) is 0.952. The number of sulfonamides is 1. The Morgan fingerprint density at radius 1 is 1.27 bits per heavy atom. The zero-order chi connectivity index (χ0) is 19.0. The van der Waals surface area contributed by atoms with E-state index in [1.54, 1.807) is 36.3 Å². The fraction of sp³-hybridized carbons (Fsp3) is 0.588. The summed E-state index contributed by atoms with van der Waals surface area (Å²) >= 11 is 0. The Labute approximate surface area is 154 Å². The number of nitrogens with zero attached hydrogens (tertiary/aromatic N) is 1. The van der Waals surface area contributed by atoms with Crippen LogP contribution in [0.5, 0.6) is 0 Å². The van der Waals surface area contributed by atoms with Crippen LogP contribution in [0.2, 0.25) is 0 Å². The molecule has 1 atom stereocenters. The molecule has 1 aromatic carbocycles. The van der Waals surface area contributed by atoms with Crippen molar-refractivity contribution >= 4 is 21.6 Å². The number of carbonyl (C=O) groups excluding carboxylic acids is 1. The van der Waals surface area contributed by atoms with E-state index in [0.717, 1.165) is 0 Å². The van der Waals surface area contributed by atoms with E-state index >= 15 is 0 Å². The number of anilines is 1. The summed E-state index contributed by atoms with van der Waals surface area (Å²) in [6, 6.07) is 6.41. The topological polar surface area (TPSA) is 94.2 Å². The molecule has 1 heterocycles. The third-order valence-electron chi connectivity index (χ3n) is 3.86. The molecule has 146 valence electrons. The second-order valence-electron chi connectivity index (χ2n) is 6.04. The normalized spacial score (nSPS) is 17.9. The van der Waals surface area contributed by atoms with E-state index < -0.39 is 10.0 Å². The van der Waals surface area contributed by atoms with Crippen LogP contribution in [0, 0.1) is 0 Å². The molecule has 1 amide bonds. The Kier molecular flexibility index (Phi) is 7.83. The zero-order valence-electron chi connectivity index (χ0n) is 15.1. The number of ether oxygens (including phenoxy) is 3. The van der Waals surface area contributed by atoms with Crippen molar-refractivity contribution in [1.29, 1.82) is 0 Å². The van der Waals surface area contributed by atoms with Gasteiger partial charge in [0, 0.05) is 31.5 Å². The molecule has 0 aliphatic carbocycles. The van der Waals surface area contributed by atoms with Crippen LogP contribution in [0.1, 0.15) is 17.3 Å². The number of rotatable bonds is 9. The number of hydrogen-bond acceptors (Lipinski definition) is 6. The van der Waals surface area contributed by atoms with E-state index in [9.17, 15) is 13.2 Å². The molecule has 0 spiro atoms. The summed E-state index contributed by atoms with van der Waals surface area (Å²) in [6.45, 7) is 4.42. The molecule has 1 saturated heterocycles. The van der Waals surface area contributed by atoms with Crippen LogP contribution in [-0.2, 0) is 24.2 Å². The van der Waals surface area contributed by atoms with Gasteiger partial charge in [-0.25, -0.2) is 8.42 Å². The third kappa shape index (κ3) is 6.56. The molecule has 0 radical (unpaired) electrons. The van der Waals surface area contributed by atoms with E-state index in [1.165, 1.54) is 0 Å². The first kappa shape index (κ1) is 20.6. The Hall–Kier alpha value is -1.68. The van der Waals surface area contributed by atoms with Gasteiger partial charge in [-0.1, -0.05) is 0 Å². The van der Waals surface area contributed by atoms with Crippen LogP contribution in [-0.4, -0.2) is 77.7 Å². The lowest BCUT2D eigenvalue weighted by Crippen LogP contribution is -2.44. The second-order valence-corrected chi connectivity index (χ2v) is 7.88. The molecule has 8 nitrogen and oxygen atoms in total. The average Bonchev–Trinajstić information content (AvgIpc) is 2.61. The molecule has 1 aliphatic heterocycles. The first-order valence-electron chi connectivity index (χ1n) is 8.49. The number of morpholine rings is 1. The molecule has 0 aromatic heterocycles. The van der Waals surface area contributed by atoms with Gasteiger partial charge in [0.15, 0.2) is 0 Å². The Balaban J connectivity index is 1.87. The van der Waals surface area contributed by atoms with Crippen LogP contribution >= 0.6 is 0 Å². The van der Waals surface area contributed by atoms with Gasteiger partial charge in [0.05, 0.1) is 38.3 Å². The van der Waals surface area contributed by atoms with Gasteiger partial charge in [-0.15, -0.1) is 0 Å². The number of hydrogen-bond donors (Lipinski definition) is 1. The van der Waals surface area contributed by atoms with Crippen molar-refractivity contribution in [2.24, 2.45) is 0 Å². The molecule has 9 heteroatoms. The lowest BCUT2D eigenvalue weighted by Gasteiger charge is -2.31. The first-order chi connectivity index (χ1) is 12.4.